The molecular formula is C19H20N2O4. The zero-order valence-corrected chi connectivity index (χ0v) is 14.2. The number of aryl methyl sites for hydroxylation is 2. The second-order valence-corrected chi connectivity index (χ2v) is 5.65. The molecule has 0 aliphatic carbocycles. The van der Waals surface area contributed by atoms with Crippen molar-refractivity contribution >= 4 is 18.1 Å². The molecule has 2 aromatic rings. The van der Waals surface area contributed by atoms with Crippen LogP contribution < -0.4 is 10.2 Å². The third-order valence-corrected chi connectivity index (χ3v) is 3.49. The third kappa shape index (κ3) is 6.10. The molecule has 6 heteroatoms. The van der Waals surface area contributed by atoms with Crippen LogP contribution in [0.3, 0.4) is 0 Å². The van der Waals surface area contributed by atoms with Gasteiger partial charge in [-0.15, -0.1) is 0 Å². The van der Waals surface area contributed by atoms with Crippen molar-refractivity contribution in [3.8, 4) is 5.75 Å². The minimum atomic E-state index is -1.03. The van der Waals surface area contributed by atoms with Gasteiger partial charge in [-0.1, -0.05) is 23.8 Å². The second-order valence-electron chi connectivity index (χ2n) is 5.65. The maximum Gasteiger partial charge on any atom is 0.341 e. The maximum atomic E-state index is 11.9. The van der Waals surface area contributed by atoms with Gasteiger partial charge < -0.3 is 9.84 Å². The Hall–Kier alpha value is -3.15. The van der Waals surface area contributed by atoms with E-state index in [1.54, 1.807) is 24.3 Å². The van der Waals surface area contributed by atoms with E-state index in [0.717, 1.165) is 22.3 Å². The Morgan fingerprint density at radius 1 is 1.16 bits per heavy atom. The number of carboxylic acids is 1. The van der Waals surface area contributed by atoms with E-state index in [1.165, 1.54) is 6.21 Å². The number of nitrogens with one attached hydrogen (secondary N) is 1. The standard InChI is InChI=1S/C19H20N2O4/c1-13-3-6-16(14(2)9-13)10-18(22)21-20-11-15-4-7-17(8-5-15)25-12-19(23)24/h3-9,11H,10,12H2,1-2H3,(H,21,22)(H,23,24)/b20-11-. The average Bonchev–Trinajstić information content (AvgIpc) is 2.56. The van der Waals surface area contributed by atoms with E-state index in [1.807, 2.05) is 32.0 Å². The topological polar surface area (TPSA) is 88.0 Å². The molecule has 6 nitrogen and oxygen atoms in total. The molecule has 0 saturated heterocycles. The Morgan fingerprint density at radius 2 is 1.88 bits per heavy atom. The molecule has 0 fully saturated rings. The van der Waals surface area contributed by atoms with Crippen LogP contribution in [0.2, 0.25) is 0 Å². The summed E-state index contributed by atoms with van der Waals surface area (Å²) in [5.74, 6) is -0.764. The van der Waals surface area contributed by atoms with Crippen LogP contribution in [0.25, 0.3) is 0 Å². The quantitative estimate of drug-likeness (QED) is 0.599. The molecule has 0 saturated carbocycles. The monoisotopic (exact) mass is 340 g/mol. The van der Waals surface area contributed by atoms with Crippen LogP contribution in [0, 0.1) is 13.8 Å². The number of ether oxygens (including phenoxy) is 1. The number of hydrogen-bond donors (Lipinski definition) is 2. The molecule has 130 valence electrons. The molecule has 0 unspecified atom stereocenters. The molecule has 0 bridgehead atoms. The first-order valence-corrected chi connectivity index (χ1v) is 7.77. The fourth-order valence-electron chi connectivity index (χ4n) is 2.23. The smallest absolute Gasteiger partial charge is 0.341 e. The summed E-state index contributed by atoms with van der Waals surface area (Å²) in [5.41, 5.74) is 6.47. The van der Waals surface area contributed by atoms with Gasteiger partial charge in [-0.3, -0.25) is 4.79 Å². The number of rotatable bonds is 7. The summed E-state index contributed by atoms with van der Waals surface area (Å²) in [7, 11) is 0. The van der Waals surface area contributed by atoms with Crippen molar-refractivity contribution in [1.82, 2.24) is 5.43 Å². The summed E-state index contributed by atoms with van der Waals surface area (Å²) in [4.78, 5) is 22.4. The van der Waals surface area contributed by atoms with Crippen LogP contribution in [0.1, 0.15) is 22.3 Å². The molecule has 0 aromatic heterocycles. The molecular weight excluding hydrogens is 320 g/mol. The van der Waals surface area contributed by atoms with E-state index in [0.29, 0.717) is 5.75 Å². The molecule has 2 aromatic carbocycles. The molecule has 0 heterocycles. The molecule has 0 atom stereocenters. The maximum absolute atomic E-state index is 11.9. The lowest BCUT2D eigenvalue weighted by atomic mass is 10.0. The SMILES string of the molecule is Cc1ccc(CC(=O)N/N=C\c2ccc(OCC(=O)O)cc2)c(C)c1. The Kier molecular flexibility index (Phi) is 6.28. The summed E-state index contributed by atoms with van der Waals surface area (Å²) < 4.78 is 5.04. The van der Waals surface area contributed by atoms with Crippen LogP contribution in [0.4, 0.5) is 0 Å². The predicted molar refractivity (Wildman–Crippen MR) is 94.9 cm³/mol. The number of carbonyl (C=O) groups is 2. The van der Waals surface area contributed by atoms with Crippen molar-refractivity contribution < 1.29 is 19.4 Å². The highest BCUT2D eigenvalue weighted by molar-refractivity contribution is 5.83. The van der Waals surface area contributed by atoms with Gasteiger partial charge in [0.15, 0.2) is 6.61 Å². The van der Waals surface area contributed by atoms with Crippen molar-refractivity contribution in [1.29, 1.82) is 0 Å². The largest absolute Gasteiger partial charge is 0.482 e. The third-order valence-electron chi connectivity index (χ3n) is 3.49. The first-order valence-electron chi connectivity index (χ1n) is 7.77. The fourth-order valence-corrected chi connectivity index (χ4v) is 2.23. The van der Waals surface area contributed by atoms with E-state index < -0.39 is 5.97 Å². The molecule has 0 spiro atoms. The van der Waals surface area contributed by atoms with Gasteiger partial charge in [-0.25, -0.2) is 10.2 Å². The minimum absolute atomic E-state index is 0.190. The van der Waals surface area contributed by atoms with E-state index in [-0.39, 0.29) is 18.9 Å². The van der Waals surface area contributed by atoms with Crippen LogP contribution >= 0.6 is 0 Å². The average molecular weight is 340 g/mol. The lowest BCUT2D eigenvalue weighted by Gasteiger charge is -2.06. The summed E-state index contributed by atoms with van der Waals surface area (Å²) >= 11 is 0. The molecule has 0 aliphatic heterocycles. The Balaban J connectivity index is 1.85. The van der Waals surface area contributed by atoms with Gasteiger partial charge in [0, 0.05) is 0 Å². The van der Waals surface area contributed by atoms with Crippen molar-refractivity contribution in [3.63, 3.8) is 0 Å². The summed E-state index contributed by atoms with van der Waals surface area (Å²) in [6.45, 7) is 3.61. The molecule has 0 radical (unpaired) electrons. The van der Waals surface area contributed by atoms with Crippen molar-refractivity contribution in [3.05, 3.63) is 64.7 Å². The summed E-state index contributed by atoms with van der Waals surface area (Å²) in [6, 6.07) is 12.7. The number of carboxylic acid groups (broad SMARTS) is 1. The van der Waals surface area contributed by atoms with Crippen molar-refractivity contribution in [2.75, 3.05) is 6.61 Å². The first-order chi connectivity index (χ1) is 11.9. The predicted octanol–water partition coefficient (Wildman–Crippen LogP) is 2.46. The number of nitrogens with zero attached hydrogens (tertiary/aromatic N) is 1. The fraction of sp³-hybridized carbons (Fsp3) is 0.211. The van der Waals surface area contributed by atoms with Crippen molar-refractivity contribution in [2.45, 2.75) is 20.3 Å². The number of amides is 1. The van der Waals surface area contributed by atoms with Gasteiger partial charge in [0.25, 0.3) is 0 Å². The number of carbonyl (C=O) groups excluding carboxylic acids is 1. The van der Waals surface area contributed by atoms with Crippen molar-refractivity contribution in [2.24, 2.45) is 5.10 Å². The molecule has 25 heavy (non-hydrogen) atoms. The lowest BCUT2D eigenvalue weighted by Crippen LogP contribution is -2.20. The summed E-state index contributed by atoms with van der Waals surface area (Å²) in [6.07, 6.45) is 1.78. The van der Waals surface area contributed by atoms with Gasteiger partial charge in [-0.2, -0.15) is 5.10 Å². The molecule has 2 N–H and O–H groups in total. The van der Waals surface area contributed by atoms with E-state index >= 15 is 0 Å². The molecule has 2 rings (SSSR count). The number of hydrazone groups is 1. The van der Waals surface area contributed by atoms with Crippen LogP contribution in [-0.4, -0.2) is 29.8 Å². The van der Waals surface area contributed by atoms with Gasteiger partial charge in [0.05, 0.1) is 12.6 Å². The normalized spacial score (nSPS) is 10.6. The second kappa shape index (κ2) is 8.63. The van der Waals surface area contributed by atoms with Gasteiger partial charge in [-0.05, 0) is 54.8 Å². The van der Waals surface area contributed by atoms with E-state index in [4.69, 9.17) is 9.84 Å². The minimum Gasteiger partial charge on any atom is -0.482 e. The Bertz CT molecular complexity index is 783. The Morgan fingerprint density at radius 3 is 2.52 bits per heavy atom. The molecule has 1 amide bonds. The van der Waals surface area contributed by atoms with Gasteiger partial charge in [0.2, 0.25) is 5.91 Å². The van der Waals surface area contributed by atoms with Gasteiger partial charge in [0.1, 0.15) is 5.75 Å². The Labute approximate surface area is 146 Å². The van der Waals surface area contributed by atoms with Crippen LogP contribution in [0.15, 0.2) is 47.6 Å². The highest BCUT2D eigenvalue weighted by atomic mass is 16.5. The summed E-state index contributed by atoms with van der Waals surface area (Å²) in [5, 5.41) is 12.5. The zero-order valence-electron chi connectivity index (χ0n) is 14.2. The van der Waals surface area contributed by atoms with Crippen LogP contribution in [-0.2, 0) is 16.0 Å². The lowest BCUT2D eigenvalue weighted by molar-refractivity contribution is -0.139. The number of benzene rings is 2. The highest BCUT2D eigenvalue weighted by Crippen LogP contribution is 2.12. The molecule has 0 aliphatic rings. The van der Waals surface area contributed by atoms with Gasteiger partial charge >= 0.3 is 5.97 Å². The van der Waals surface area contributed by atoms with E-state index in [9.17, 15) is 9.59 Å². The van der Waals surface area contributed by atoms with Crippen LogP contribution in [0.5, 0.6) is 5.75 Å². The first kappa shape index (κ1) is 18.2. The number of aliphatic carboxylic acids is 1. The highest BCUT2D eigenvalue weighted by Gasteiger charge is 2.05. The number of hydrogen-bond acceptors (Lipinski definition) is 4. The van der Waals surface area contributed by atoms with E-state index in [2.05, 4.69) is 10.5 Å². The zero-order chi connectivity index (χ0) is 18.2.